The molecule has 116 valence electrons. The van der Waals surface area contributed by atoms with Crippen LogP contribution in [-0.2, 0) is 16.6 Å². The predicted octanol–water partition coefficient (Wildman–Crippen LogP) is 1.53. The first kappa shape index (κ1) is 14.9. The summed E-state index contributed by atoms with van der Waals surface area (Å²) in [7, 11) is 1.81. The second-order valence-corrected chi connectivity index (χ2v) is 7.27. The third-order valence-electron chi connectivity index (χ3n) is 6.20. The molecule has 1 aliphatic heterocycles. The van der Waals surface area contributed by atoms with Crippen molar-refractivity contribution >= 4 is 0 Å². The number of nitrogens with one attached hydrogen (secondary N) is 1. The van der Waals surface area contributed by atoms with Crippen LogP contribution in [0.25, 0.3) is 0 Å². The Bertz CT molecular complexity index is 530. The van der Waals surface area contributed by atoms with Gasteiger partial charge in [0.05, 0.1) is 12.6 Å². The zero-order valence-electron chi connectivity index (χ0n) is 13.6. The quantitative estimate of drug-likeness (QED) is 0.885. The van der Waals surface area contributed by atoms with Crippen LogP contribution in [0.5, 0.6) is 5.75 Å². The molecule has 0 amide bonds. The minimum Gasteiger partial charge on any atom is -0.508 e. The topological polar surface area (TPSA) is 33.9 Å². The van der Waals surface area contributed by atoms with Crippen molar-refractivity contribution in [3.8, 4) is 5.75 Å². The summed E-state index contributed by atoms with van der Waals surface area (Å²) in [6.45, 7) is 9.25. The Morgan fingerprint density at radius 3 is 2.95 bits per heavy atom. The van der Waals surface area contributed by atoms with Gasteiger partial charge in [-0.15, -0.1) is 0 Å². The van der Waals surface area contributed by atoms with Crippen LogP contribution in [0.15, 0.2) is 18.2 Å². The van der Waals surface area contributed by atoms with E-state index < -0.39 is 0 Å². The van der Waals surface area contributed by atoms with Crippen LogP contribution in [0.1, 0.15) is 38.3 Å². The molecule has 0 radical (unpaired) electrons. The Morgan fingerprint density at radius 2 is 2.24 bits per heavy atom. The Kier molecular flexibility index (Phi) is 3.74. The maximum absolute atomic E-state index is 9.87. The minimum absolute atomic E-state index is 0.205. The fraction of sp³-hybridized carbons (Fsp3) is 0.667. The van der Waals surface area contributed by atoms with Gasteiger partial charge in [0.25, 0.3) is 0 Å². The highest BCUT2D eigenvalue weighted by Gasteiger charge is 2.51. The smallest absolute Gasteiger partial charge is 0.115 e. The molecule has 21 heavy (non-hydrogen) atoms. The summed E-state index contributed by atoms with van der Waals surface area (Å²) in [6, 6.07) is 6.64. The molecule has 1 saturated heterocycles. The van der Waals surface area contributed by atoms with Gasteiger partial charge in [0.2, 0.25) is 0 Å². The molecule has 0 saturated carbocycles. The number of hydrogen-bond acceptors (Lipinski definition) is 2. The number of likely N-dealkylation sites (tertiary alicyclic amines) is 1. The van der Waals surface area contributed by atoms with Crippen molar-refractivity contribution in [3.05, 3.63) is 29.3 Å². The predicted molar refractivity (Wildman–Crippen MR) is 83.9 cm³/mol. The first-order valence-corrected chi connectivity index (χ1v) is 8.15. The number of methoxy groups -OCH3 is 1. The fourth-order valence-corrected chi connectivity index (χ4v) is 4.55. The minimum atomic E-state index is 0.205. The van der Waals surface area contributed by atoms with Gasteiger partial charge in [-0.1, -0.05) is 19.9 Å². The lowest BCUT2D eigenvalue weighted by atomic mass is 9.59. The van der Waals surface area contributed by atoms with Crippen molar-refractivity contribution < 1.29 is 14.7 Å². The number of aromatic hydroxyl groups is 1. The number of rotatable bonds is 3. The van der Waals surface area contributed by atoms with Gasteiger partial charge in [0.15, 0.2) is 0 Å². The van der Waals surface area contributed by atoms with Crippen molar-refractivity contribution in [1.29, 1.82) is 0 Å². The first-order chi connectivity index (χ1) is 9.95. The summed E-state index contributed by atoms with van der Waals surface area (Å²) < 4.78 is 5.48. The second kappa shape index (κ2) is 5.29. The van der Waals surface area contributed by atoms with E-state index in [1.807, 2.05) is 12.1 Å². The summed E-state index contributed by atoms with van der Waals surface area (Å²) in [5, 5.41) is 9.87. The average molecular weight is 290 g/mol. The summed E-state index contributed by atoms with van der Waals surface area (Å²) in [5.41, 5.74) is 3.02. The van der Waals surface area contributed by atoms with Gasteiger partial charge < -0.3 is 14.7 Å². The lowest BCUT2D eigenvalue weighted by molar-refractivity contribution is -0.939. The van der Waals surface area contributed by atoms with Crippen LogP contribution < -0.4 is 4.90 Å². The van der Waals surface area contributed by atoms with Crippen molar-refractivity contribution in [2.75, 3.05) is 20.2 Å². The number of phenols is 1. The second-order valence-electron chi connectivity index (χ2n) is 7.27. The molecular weight excluding hydrogens is 262 g/mol. The molecule has 5 unspecified atom stereocenters. The lowest BCUT2D eigenvalue weighted by Gasteiger charge is -2.52. The van der Waals surface area contributed by atoms with Gasteiger partial charge >= 0.3 is 0 Å². The molecular formula is C18H28NO2+. The largest absolute Gasteiger partial charge is 0.508 e. The van der Waals surface area contributed by atoms with E-state index in [1.54, 1.807) is 12.0 Å². The molecule has 1 heterocycles. The maximum atomic E-state index is 9.87. The number of fused-ring (bicyclic) bond motifs is 4. The molecule has 1 fully saturated rings. The first-order valence-electron chi connectivity index (χ1n) is 8.15. The van der Waals surface area contributed by atoms with E-state index in [1.165, 1.54) is 24.1 Å². The van der Waals surface area contributed by atoms with Crippen molar-refractivity contribution in [3.63, 3.8) is 0 Å². The Balaban J connectivity index is 1.94. The SMILES string of the molecule is COC(C)C[NH+]1CCC2(C)c3cc(O)ccc3CC1C2C. The normalized spacial score (nSPS) is 36.1. The standard InChI is InChI=1S/C18H27NO2/c1-12(21-4)11-19-8-7-18(3)13(2)17(19)9-14-5-6-15(20)10-16(14)18/h5-6,10,12-13,17,20H,7-9,11H2,1-4H3/p+1. The molecule has 3 heteroatoms. The number of quaternary nitrogens is 1. The van der Waals surface area contributed by atoms with Gasteiger partial charge in [-0.25, -0.2) is 0 Å². The average Bonchev–Trinajstić information content (AvgIpc) is 2.46. The molecule has 2 N–H and O–H groups in total. The Hall–Kier alpha value is -1.06. The molecule has 2 aliphatic rings. The molecule has 1 aromatic rings. The highest BCUT2D eigenvalue weighted by atomic mass is 16.5. The van der Waals surface area contributed by atoms with Crippen LogP contribution in [0.4, 0.5) is 0 Å². The van der Waals surface area contributed by atoms with E-state index in [-0.39, 0.29) is 5.41 Å². The van der Waals surface area contributed by atoms with Crippen LogP contribution >= 0.6 is 0 Å². The molecule has 3 rings (SSSR count). The van der Waals surface area contributed by atoms with Crippen molar-refractivity contribution in [2.24, 2.45) is 5.92 Å². The molecule has 3 nitrogen and oxygen atoms in total. The van der Waals surface area contributed by atoms with Crippen LogP contribution in [0, 0.1) is 5.92 Å². The monoisotopic (exact) mass is 290 g/mol. The number of phenolic OH excluding ortho intramolecular Hbond substituents is 1. The van der Waals surface area contributed by atoms with E-state index in [9.17, 15) is 5.11 Å². The molecule has 0 spiro atoms. The van der Waals surface area contributed by atoms with Crippen molar-refractivity contribution in [2.45, 2.75) is 51.2 Å². The van der Waals surface area contributed by atoms with Gasteiger partial charge in [0.1, 0.15) is 18.4 Å². The fourth-order valence-electron chi connectivity index (χ4n) is 4.55. The number of ether oxygens (including phenoxy) is 1. The van der Waals surface area contributed by atoms with Gasteiger partial charge in [-0.3, -0.25) is 0 Å². The molecule has 1 aliphatic carbocycles. The Labute approximate surface area is 127 Å². The Morgan fingerprint density at radius 1 is 1.48 bits per heavy atom. The molecule has 2 bridgehead atoms. The lowest BCUT2D eigenvalue weighted by Crippen LogP contribution is -3.19. The van der Waals surface area contributed by atoms with Crippen LogP contribution in [0.3, 0.4) is 0 Å². The number of hydrogen-bond donors (Lipinski definition) is 2. The summed E-state index contributed by atoms with van der Waals surface area (Å²) >= 11 is 0. The molecule has 5 atom stereocenters. The zero-order chi connectivity index (χ0) is 15.2. The summed E-state index contributed by atoms with van der Waals surface area (Å²) in [6.07, 6.45) is 2.63. The van der Waals surface area contributed by atoms with E-state index in [0.29, 0.717) is 23.8 Å². The van der Waals surface area contributed by atoms with Gasteiger partial charge in [-0.05, 0) is 30.2 Å². The third kappa shape index (κ3) is 2.36. The van der Waals surface area contributed by atoms with E-state index in [4.69, 9.17) is 4.74 Å². The van der Waals surface area contributed by atoms with E-state index in [0.717, 1.165) is 13.0 Å². The van der Waals surface area contributed by atoms with Crippen LogP contribution in [-0.4, -0.2) is 37.5 Å². The van der Waals surface area contributed by atoms with Gasteiger partial charge in [-0.2, -0.15) is 0 Å². The van der Waals surface area contributed by atoms with E-state index in [2.05, 4.69) is 26.8 Å². The molecule has 1 aromatic carbocycles. The third-order valence-corrected chi connectivity index (χ3v) is 6.20. The van der Waals surface area contributed by atoms with Crippen LogP contribution in [0.2, 0.25) is 0 Å². The summed E-state index contributed by atoms with van der Waals surface area (Å²) in [5.74, 6) is 1.04. The number of benzene rings is 1. The van der Waals surface area contributed by atoms with E-state index >= 15 is 0 Å². The van der Waals surface area contributed by atoms with Gasteiger partial charge in [0, 0.05) is 31.3 Å². The summed E-state index contributed by atoms with van der Waals surface area (Å²) in [4.78, 5) is 1.69. The maximum Gasteiger partial charge on any atom is 0.115 e. The number of piperidine rings is 1. The zero-order valence-corrected chi connectivity index (χ0v) is 13.6. The highest BCUT2D eigenvalue weighted by molar-refractivity contribution is 5.43. The molecule has 0 aromatic heterocycles. The van der Waals surface area contributed by atoms with Crippen molar-refractivity contribution in [1.82, 2.24) is 0 Å². The highest BCUT2D eigenvalue weighted by Crippen LogP contribution is 2.45.